The van der Waals surface area contributed by atoms with Gasteiger partial charge >= 0.3 is 0 Å². The van der Waals surface area contributed by atoms with E-state index in [-0.39, 0.29) is 5.82 Å². The lowest BCUT2D eigenvalue weighted by Gasteiger charge is -2.25. The molecule has 1 N–H and O–H groups in total. The lowest BCUT2D eigenvalue weighted by Crippen LogP contribution is -2.33. The minimum Gasteiger partial charge on any atom is -0.314 e. The molecular weight excluding hydrogens is 271 g/mol. The van der Waals surface area contributed by atoms with Gasteiger partial charge in [-0.2, -0.15) is 0 Å². The van der Waals surface area contributed by atoms with E-state index in [1.54, 1.807) is 12.1 Å². The summed E-state index contributed by atoms with van der Waals surface area (Å²) in [5.74, 6) is 0.194. The molecule has 0 saturated carbocycles. The van der Waals surface area contributed by atoms with E-state index in [1.165, 1.54) is 0 Å². The number of hydrogen-bond donors (Lipinski definition) is 1. The topological polar surface area (TPSA) is 15.3 Å². The second-order valence-electron chi connectivity index (χ2n) is 4.47. The molecule has 0 unspecified atom stereocenters. The fourth-order valence-corrected chi connectivity index (χ4v) is 2.54. The van der Waals surface area contributed by atoms with Crippen LogP contribution < -0.4 is 5.32 Å². The molecule has 1 heterocycles. The Bertz CT molecular complexity index is 381. The Morgan fingerprint density at radius 3 is 2.75 bits per heavy atom. The van der Waals surface area contributed by atoms with Crippen molar-refractivity contribution in [3.05, 3.63) is 34.1 Å². The van der Waals surface area contributed by atoms with Gasteiger partial charge in [-0.1, -0.05) is 6.07 Å². The summed E-state index contributed by atoms with van der Waals surface area (Å²) in [7, 11) is 4.14. The Morgan fingerprint density at radius 2 is 2.12 bits per heavy atom. The molecule has 1 saturated heterocycles. The van der Waals surface area contributed by atoms with Crippen molar-refractivity contribution in [3.8, 4) is 0 Å². The number of benzene rings is 1. The Morgan fingerprint density at radius 1 is 1.38 bits per heavy atom. The second kappa shape index (κ2) is 4.82. The zero-order chi connectivity index (χ0) is 11.7. The number of likely N-dealkylation sites (N-methyl/N-ethyl adjacent to an activating group) is 1. The van der Waals surface area contributed by atoms with E-state index in [0.717, 1.165) is 18.7 Å². The minimum absolute atomic E-state index is 0.179. The highest BCUT2D eigenvalue weighted by Gasteiger charge is 2.30. The lowest BCUT2D eigenvalue weighted by molar-refractivity contribution is 0.291. The maximum Gasteiger partial charge on any atom is 0.137 e. The van der Waals surface area contributed by atoms with Gasteiger partial charge in [-0.05, 0) is 47.7 Å². The van der Waals surface area contributed by atoms with Gasteiger partial charge in [0.05, 0.1) is 4.47 Å². The van der Waals surface area contributed by atoms with Crippen LogP contribution in [-0.2, 0) is 0 Å². The first-order valence-electron chi connectivity index (χ1n) is 5.41. The molecule has 1 aliphatic rings. The first-order chi connectivity index (χ1) is 7.59. The number of hydrogen-bond acceptors (Lipinski definition) is 2. The molecule has 2 nitrogen and oxygen atoms in total. The molecule has 0 bridgehead atoms. The van der Waals surface area contributed by atoms with Crippen LogP contribution in [0.25, 0.3) is 0 Å². The highest BCUT2D eigenvalue weighted by molar-refractivity contribution is 9.10. The third-order valence-electron chi connectivity index (χ3n) is 3.22. The van der Waals surface area contributed by atoms with E-state index in [2.05, 4.69) is 40.2 Å². The number of halogens is 2. The standard InChI is InChI=1S/C12H16BrFN2/c1-16(2)12-7-15-6-9(12)8-3-4-10(13)11(14)5-8/h3-5,9,12,15H,6-7H2,1-2H3/t9-,12+/m0/s1. The molecule has 2 atom stereocenters. The van der Waals surface area contributed by atoms with Crippen LogP contribution in [-0.4, -0.2) is 38.1 Å². The minimum atomic E-state index is -0.179. The molecule has 2 rings (SSSR count). The SMILES string of the molecule is CN(C)[C@@H]1CNC[C@H]1c1ccc(Br)c(F)c1. The summed E-state index contributed by atoms with van der Waals surface area (Å²) >= 11 is 3.18. The summed E-state index contributed by atoms with van der Waals surface area (Å²) in [5.41, 5.74) is 1.07. The summed E-state index contributed by atoms with van der Waals surface area (Å²) in [6.45, 7) is 1.89. The molecule has 0 radical (unpaired) electrons. The van der Waals surface area contributed by atoms with Gasteiger partial charge in [0, 0.05) is 25.0 Å². The van der Waals surface area contributed by atoms with Gasteiger partial charge in [-0.25, -0.2) is 4.39 Å². The summed E-state index contributed by atoms with van der Waals surface area (Å²) in [4.78, 5) is 2.20. The largest absolute Gasteiger partial charge is 0.314 e. The third kappa shape index (κ3) is 2.29. The summed E-state index contributed by atoms with van der Waals surface area (Å²) in [6, 6.07) is 5.87. The van der Waals surface area contributed by atoms with E-state index >= 15 is 0 Å². The predicted molar refractivity (Wildman–Crippen MR) is 67.2 cm³/mol. The number of nitrogens with zero attached hydrogens (tertiary/aromatic N) is 1. The zero-order valence-corrected chi connectivity index (χ0v) is 11.1. The smallest absolute Gasteiger partial charge is 0.137 e. The average Bonchev–Trinajstić information content (AvgIpc) is 2.71. The summed E-state index contributed by atoms with van der Waals surface area (Å²) in [5, 5.41) is 3.36. The zero-order valence-electron chi connectivity index (χ0n) is 9.50. The van der Waals surface area contributed by atoms with Crippen molar-refractivity contribution in [2.24, 2.45) is 0 Å². The number of rotatable bonds is 2. The van der Waals surface area contributed by atoms with Crippen molar-refractivity contribution in [2.75, 3.05) is 27.2 Å². The summed E-state index contributed by atoms with van der Waals surface area (Å²) < 4.78 is 14.0. The molecule has 88 valence electrons. The van der Waals surface area contributed by atoms with E-state index < -0.39 is 0 Å². The fraction of sp³-hybridized carbons (Fsp3) is 0.500. The van der Waals surface area contributed by atoms with Crippen LogP contribution in [0.1, 0.15) is 11.5 Å². The average molecular weight is 287 g/mol. The van der Waals surface area contributed by atoms with Crippen LogP contribution in [0.2, 0.25) is 0 Å². The quantitative estimate of drug-likeness (QED) is 0.897. The van der Waals surface area contributed by atoms with Crippen molar-refractivity contribution in [1.82, 2.24) is 10.2 Å². The highest BCUT2D eigenvalue weighted by atomic mass is 79.9. The number of nitrogens with one attached hydrogen (secondary N) is 1. The molecule has 1 aromatic rings. The maximum atomic E-state index is 13.5. The Hall–Kier alpha value is -0.450. The Balaban J connectivity index is 2.26. The van der Waals surface area contributed by atoms with Gasteiger partial charge in [-0.15, -0.1) is 0 Å². The first-order valence-corrected chi connectivity index (χ1v) is 6.21. The van der Waals surface area contributed by atoms with E-state index in [9.17, 15) is 4.39 Å². The van der Waals surface area contributed by atoms with Crippen molar-refractivity contribution in [3.63, 3.8) is 0 Å². The van der Waals surface area contributed by atoms with Crippen LogP contribution in [0.3, 0.4) is 0 Å². The van der Waals surface area contributed by atoms with Crippen molar-refractivity contribution < 1.29 is 4.39 Å². The van der Waals surface area contributed by atoms with Crippen LogP contribution in [0.15, 0.2) is 22.7 Å². The van der Waals surface area contributed by atoms with Gasteiger partial charge in [-0.3, -0.25) is 0 Å². The molecule has 1 aliphatic heterocycles. The molecule has 1 aromatic carbocycles. The molecule has 0 aliphatic carbocycles. The Kier molecular flexibility index (Phi) is 3.62. The van der Waals surface area contributed by atoms with Crippen LogP contribution in [0.5, 0.6) is 0 Å². The van der Waals surface area contributed by atoms with Gasteiger partial charge in [0.15, 0.2) is 0 Å². The molecule has 0 spiro atoms. The van der Waals surface area contributed by atoms with Gasteiger partial charge in [0.25, 0.3) is 0 Å². The Labute approximate surface area is 104 Å². The molecule has 4 heteroatoms. The van der Waals surface area contributed by atoms with E-state index in [0.29, 0.717) is 16.4 Å². The second-order valence-corrected chi connectivity index (χ2v) is 5.32. The monoisotopic (exact) mass is 286 g/mol. The molecule has 1 fully saturated rings. The highest BCUT2D eigenvalue weighted by Crippen LogP contribution is 2.28. The molecular formula is C12H16BrFN2. The van der Waals surface area contributed by atoms with Crippen LogP contribution >= 0.6 is 15.9 Å². The van der Waals surface area contributed by atoms with Gasteiger partial charge < -0.3 is 10.2 Å². The lowest BCUT2D eigenvalue weighted by atomic mass is 9.94. The maximum absolute atomic E-state index is 13.5. The van der Waals surface area contributed by atoms with Gasteiger partial charge in [0.2, 0.25) is 0 Å². The van der Waals surface area contributed by atoms with Crippen LogP contribution in [0, 0.1) is 5.82 Å². The molecule has 0 aromatic heterocycles. The molecule has 16 heavy (non-hydrogen) atoms. The van der Waals surface area contributed by atoms with Gasteiger partial charge in [0.1, 0.15) is 5.82 Å². The van der Waals surface area contributed by atoms with Crippen LogP contribution in [0.4, 0.5) is 4.39 Å². The molecule has 0 amide bonds. The van der Waals surface area contributed by atoms with E-state index in [1.807, 2.05) is 6.07 Å². The normalized spacial score (nSPS) is 25.3. The predicted octanol–water partition coefficient (Wildman–Crippen LogP) is 2.21. The van der Waals surface area contributed by atoms with E-state index in [4.69, 9.17) is 0 Å². The summed E-state index contributed by atoms with van der Waals surface area (Å²) in [6.07, 6.45) is 0. The van der Waals surface area contributed by atoms with Crippen molar-refractivity contribution >= 4 is 15.9 Å². The fourth-order valence-electron chi connectivity index (χ4n) is 2.29. The van der Waals surface area contributed by atoms with Crippen molar-refractivity contribution in [2.45, 2.75) is 12.0 Å². The third-order valence-corrected chi connectivity index (χ3v) is 3.86. The first kappa shape index (κ1) is 12.0. The van der Waals surface area contributed by atoms with Crippen molar-refractivity contribution in [1.29, 1.82) is 0 Å².